The Labute approximate surface area is 308 Å². The Bertz CT molecular complexity index is 1420. The number of carboxylic acids is 1. The van der Waals surface area contributed by atoms with Crippen LogP contribution in [0.1, 0.15) is 65.4 Å². The van der Waals surface area contributed by atoms with Crippen molar-refractivity contribution in [2.75, 3.05) is 13.2 Å². The minimum atomic E-state index is -1.67. The standard InChI is InChI=1S/C34H56N10O9/c1-18(2)13-23(30(49)40-22(11-8-12-39-34(37)38)29(48)43-25(33(52)53)16-27(36)46)41-31(50)24(14-19(3)4)42-32(51)26(17-45)44-28(47)21(35)15-20-9-6-5-7-10-20/h5-7,9-10,18-19,21-26,45H,8,11-17,35H2,1-4H3,(H2,36,46)(H,40,49)(H,41,50)(H,42,51)(H,43,48)(H,44,47)(H,52,53)(H4,37,38,39)/t21-,22-,23-,24+,25-,26+/m1/s1. The lowest BCUT2D eigenvalue weighted by atomic mass is 9.99. The summed E-state index contributed by atoms with van der Waals surface area (Å²) in [5.41, 5.74) is 22.7. The van der Waals surface area contributed by atoms with Crippen molar-refractivity contribution in [1.82, 2.24) is 26.6 Å². The first-order valence-electron chi connectivity index (χ1n) is 17.3. The smallest absolute Gasteiger partial charge is 0.326 e. The van der Waals surface area contributed by atoms with Gasteiger partial charge in [0.2, 0.25) is 35.4 Å². The summed E-state index contributed by atoms with van der Waals surface area (Å²) in [6, 6.07) is 1.04. The maximum Gasteiger partial charge on any atom is 0.326 e. The lowest BCUT2D eigenvalue weighted by Crippen LogP contribution is -2.60. The van der Waals surface area contributed by atoms with E-state index in [9.17, 15) is 43.8 Å². The third-order valence-corrected chi connectivity index (χ3v) is 7.73. The molecule has 0 aromatic heterocycles. The lowest BCUT2D eigenvalue weighted by molar-refractivity contribution is -0.143. The maximum atomic E-state index is 13.7. The molecular formula is C34H56N10O9. The van der Waals surface area contributed by atoms with E-state index in [1.807, 2.05) is 6.07 Å². The van der Waals surface area contributed by atoms with Crippen molar-refractivity contribution in [3.8, 4) is 0 Å². The molecule has 1 aromatic carbocycles. The van der Waals surface area contributed by atoms with E-state index in [2.05, 4.69) is 31.6 Å². The molecule has 1 rings (SSSR count). The molecule has 0 saturated heterocycles. The van der Waals surface area contributed by atoms with Crippen LogP contribution in [0.25, 0.3) is 0 Å². The summed E-state index contributed by atoms with van der Waals surface area (Å²) in [4.78, 5) is 93.5. The van der Waals surface area contributed by atoms with Crippen molar-refractivity contribution < 1.29 is 43.8 Å². The van der Waals surface area contributed by atoms with Crippen molar-refractivity contribution in [3.05, 3.63) is 35.9 Å². The molecule has 0 unspecified atom stereocenters. The number of aliphatic hydroxyl groups excluding tert-OH is 1. The van der Waals surface area contributed by atoms with E-state index in [1.165, 1.54) is 0 Å². The topological polar surface area (TPSA) is 337 Å². The van der Waals surface area contributed by atoms with E-state index in [-0.39, 0.29) is 56.4 Å². The number of primary amides is 1. The van der Waals surface area contributed by atoms with Crippen molar-refractivity contribution in [2.24, 2.45) is 39.8 Å². The van der Waals surface area contributed by atoms with Crippen LogP contribution in [-0.2, 0) is 40.0 Å². The number of amides is 6. The second kappa shape index (κ2) is 23.3. The molecule has 0 aliphatic rings. The molecule has 0 radical (unpaired) electrons. The number of benzene rings is 1. The maximum absolute atomic E-state index is 13.7. The van der Waals surface area contributed by atoms with Crippen LogP contribution < -0.4 is 49.5 Å². The zero-order valence-corrected chi connectivity index (χ0v) is 30.7. The molecule has 0 saturated carbocycles. The normalized spacial score (nSPS) is 14.4. The molecule has 0 spiro atoms. The van der Waals surface area contributed by atoms with Crippen LogP contribution in [0.5, 0.6) is 0 Å². The fourth-order valence-electron chi connectivity index (χ4n) is 5.10. The number of nitrogens with one attached hydrogen (secondary N) is 5. The van der Waals surface area contributed by atoms with E-state index >= 15 is 0 Å². The molecule has 296 valence electrons. The third kappa shape index (κ3) is 18.2. The van der Waals surface area contributed by atoms with Crippen LogP contribution in [-0.4, -0.2) is 107 Å². The summed E-state index contributed by atoms with van der Waals surface area (Å²) in [7, 11) is 0. The monoisotopic (exact) mass is 748 g/mol. The van der Waals surface area contributed by atoms with E-state index in [0.29, 0.717) is 0 Å². The Morgan fingerprint density at radius 1 is 0.679 bits per heavy atom. The molecule has 0 bridgehead atoms. The number of hydrogen-bond acceptors (Lipinski definition) is 10. The minimum Gasteiger partial charge on any atom is -0.480 e. The number of aliphatic hydroxyl groups is 1. The van der Waals surface area contributed by atoms with Gasteiger partial charge in [-0.15, -0.1) is 0 Å². The van der Waals surface area contributed by atoms with Gasteiger partial charge < -0.3 is 59.7 Å². The molecule has 1 aromatic rings. The molecule has 15 N–H and O–H groups in total. The zero-order chi connectivity index (χ0) is 40.2. The molecule has 19 heteroatoms. The molecule has 0 heterocycles. The highest BCUT2D eigenvalue weighted by molar-refractivity contribution is 5.96. The van der Waals surface area contributed by atoms with Crippen molar-refractivity contribution in [3.63, 3.8) is 0 Å². The molecular weight excluding hydrogens is 692 g/mol. The average Bonchev–Trinajstić information content (AvgIpc) is 3.06. The summed E-state index contributed by atoms with van der Waals surface area (Å²) < 4.78 is 0. The highest BCUT2D eigenvalue weighted by atomic mass is 16.4. The van der Waals surface area contributed by atoms with Crippen LogP contribution in [0.3, 0.4) is 0 Å². The van der Waals surface area contributed by atoms with Gasteiger partial charge in [-0.2, -0.15) is 0 Å². The van der Waals surface area contributed by atoms with Crippen LogP contribution in [0, 0.1) is 11.8 Å². The number of guanidine groups is 1. The number of rotatable bonds is 24. The Balaban J connectivity index is 3.18. The molecule has 6 amide bonds. The second-order valence-electron chi connectivity index (χ2n) is 13.5. The van der Waals surface area contributed by atoms with E-state index in [1.54, 1.807) is 52.0 Å². The van der Waals surface area contributed by atoms with E-state index in [0.717, 1.165) is 5.56 Å². The number of carbonyl (C=O) groups excluding carboxylic acids is 6. The Morgan fingerprint density at radius 2 is 1.13 bits per heavy atom. The quantitative estimate of drug-likeness (QED) is 0.0288. The Morgan fingerprint density at radius 3 is 1.58 bits per heavy atom. The first-order valence-corrected chi connectivity index (χ1v) is 17.3. The zero-order valence-electron chi connectivity index (χ0n) is 30.7. The summed E-state index contributed by atoms with van der Waals surface area (Å²) >= 11 is 0. The minimum absolute atomic E-state index is 0.0606. The van der Waals surface area contributed by atoms with Gasteiger partial charge in [0.1, 0.15) is 30.2 Å². The van der Waals surface area contributed by atoms with Gasteiger partial charge in [-0.1, -0.05) is 58.0 Å². The number of carboxylic acid groups (broad SMARTS) is 1. The summed E-state index contributed by atoms with van der Waals surface area (Å²) in [5.74, 6) is -7.03. The predicted molar refractivity (Wildman–Crippen MR) is 195 cm³/mol. The van der Waals surface area contributed by atoms with Gasteiger partial charge in [-0.05, 0) is 49.5 Å². The van der Waals surface area contributed by atoms with Gasteiger partial charge in [0.15, 0.2) is 5.96 Å². The largest absolute Gasteiger partial charge is 0.480 e. The first-order chi connectivity index (χ1) is 24.8. The lowest BCUT2D eigenvalue weighted by Gasteiger charge is -2.28. The highest BCUT2D eigenvalue weighted by Gasteiger charge is 2.33. The molecule has 0 aliphatic heterocycles. The fourth-order valence-corrected chi connectivity index (χ4v) is 5.10. The second-order valence-corrected chi connectivity index (χ2v) is 13.5. The van der Waals surface area contributed by atoms with Crippen LogP contribution in [0.4, 0.5) is 0 Å². The van der Waals surface area contributed by atoms with E-state index < -0.39 is 90.7 Å². The predicted octanol–water partition coefficient (Wildman–Crippen LogP) is -2.92. The SMILES string of the molecule is CC(C)C[C@H](NC(=O)[C@H](CO)NC(=O)[C@H](N)Cc1ccccc1)C(=O)N[C@H](CC(C)C)C(=O)N[C@H](CCCN=C(N)N)C(=O)N[C@H](CC(N)=O)C(=O)O. The van der Waals surface area contributed by atoms with Gasteiger partial charge in [-0.25, -0.2) is 4.79 Å². The average molecular weight is 749 g/mol. The van der Waals surface area contributed by atoms with Crippen molar-refractivity contribution in [1.29, 1.82) is 0 Å². The first kappa shape index (κ1) is 45.7. The van der Waals surface area contributed by atoms with Crippen LogP contribution in [0.15, 0.2) is 35.3 Å². The van der Waals surface area contributed by atoms with Crippen LogP contribution in [0.2, 0.25) is 0 Å². The number of aliphatic imine (C=N–C) groups is 1. The number of carbonyl (C=O) groups is 7. The van der Waals surface area contributed by atoms with Crippen molar-refractivity contribution in [2.45, 2.75) is 102 Å². The summed E-state index contributed by atoms with van der Waals surface area (Å²) in [5, 5.41) is 31.8. The molecule has 0 aliphatic carbocycles. The number of aliphatic carboxylic acids is 1. The van der Waals surface area contributed by atoms with Gasteiger partial charge in [0, 0.05) is 6.54 Å². The Kier molecular flexibility index (Phi) is 20.1. The highest BCUT2D eigenvalue weighted by Crippen LogP contribution is 2.11. The fraction of sp³-hybridized carbons (Fsp3) is 0.588. The van der Waals surface area contributed by atoms with Gasteiger partial charge in [0.25, 0.3) is 0 Å². The number of nitrogens with two attached hydrogens (primary N) is 4. The van der Waals surface area contributed by atoms with Gasteiger partial charge >= 0.3 is 5.97 Å². The molecule has 53 heavy (non-hydrogen) atoms. The van der Waals surface area contributed by atoms with Gasteiger partial charge in [0.05, 0.1) is 19.1 Å². The Hall–Kier alpha value is -5.30. The summed E-state index contributed by atoms with van der Waals surface area (Å²) in [6.07, 6.45) is -0.208. The number of hydrogen-bond donors (Lipinski definition) is 11. The van der Waals surface area contributed by atoms with Crippen molar-refractivity contribution >= 4 is 47.4 Å². The molecule has 6 atom stereocenters. The van der Waals surface area contributed by atoms with E-state index in [4.69, 9.17) is 22.9 Å². The molecule has 19 nitrogen and oxygen atoms in total. The molecule has 0 fully saturated rings. The van der Waals surface area contributed by atoms with Crippen LogP contribution >= 0.6 is 0 Å². The third-order valence-electron chi connectivity index (χ3n) is 7.73. The summed E-state index contributed by atoms with van der Waals surface area (Å²) in [6.45, 7) is 6.45. The number of nitrogens with zero attached hydrogens (tertiary/aromatic N) is 1. The van der Waals surface area contributed by atoms with Gasteiger partial charge in [-0.3, -0.25) is 33.8 Å².